The number of carbonyl (C=O) groups is 2. The molecule has 1 aromatic carbocycles. The molecule has 5 nitrogen and oxygen atoms in total. The summed E-state index contributed by atoms with van der Waals surface area (Å²) in [5.74, 6) is -1.51. The number of carbonyl (C=O) groups excluding carboxylic acids is 1. The molecular formula is C16H14N2O3S. The number of hydrogen-bond donors (Lipinski definition) is 2. The third-order valence-electron chi connectivity index (χ3n) is 3.44. The molecule has 1 aromatic heterocycles. The van der Waals surface area contributed by atoms with Gasteiger partial charge in [0.25, 0.3) is 0 Å². The van der Waals surface area contributed by atoms with Crippen molar-refractivity contribution in [2.24, 2.45) is 0 Å². The number of amides is 1. The molecule has 0 bridgehead atoms. The Kier molecular flexibility index (Phi) is 4.59. The third-order valence-corrected chi connectivity index (χ3v) is 4.27. The number of nitrogens with one attached hydrogen (secondary N) is 1. The fourth-order valence-corrected chi connectivity index (χ4v) is 2.85. The molecule has 2 aromatic rings. The normalized spacial score (nSPS) is 12.9. The van der Waals surface area contributed by atoms with E-state index in [9.17, 15) is 14.7 Å². The average molecular weight is 314 g/mol. The summed E-state index contributed by atoms with van der Waals surface area (Å²) in [6, 6.07) is 12.2. The second-order valence-electron chi connectivity index (χ2n) is 5.00. The Bertz CT molecular complexity index is 733. The van der Waals surface area contributed by atoms with E-state index in [1.165, 1.54) is 18.3 Å². The van der Waals surface area contributed by atoms with Crippen molar-refractivity contribution >= 4 is 28.2 Å². The molecule has 6 heteroatoms. The van der Waals surface area contributed by atoms with Crippen molar-refractivity contribution in [2.45, 2.75) is 18.8 Å². The van der Waals surface area contributed by atoms with Gasteiger partial charge in [0, 0.05) is 6.42 Å². The Hall–Kier alpha value is -2.65. The van der Waals surface area contributed by atoms with Crippen molar-refractivity contribution in [1.29, 1.82) is 5.26 Å². The molecule has 1 heterocycles. The van der Waals surface area contributed by atoms with Gasteiger partial charge >= 0.3 is 5.97 Å². The molecule has 0 radical (unpaired) electrons. The smallest absolute Gasteiger partial charge is 0.314 e. The highest BCUT2D eigenvalue weighted by Crippen LogP contribution is 2.29. The Morgan fingerprint density at radius 1 is 1.32 bits per heavy atom. The molecule has 0 aliphatic carbocycles. The minimum absolute atomic E-state index is 0.213. The highest BCUT2D eigenvalue weighted by atomic mass is 32.1. The number of aliphatic carboxylic acids is 1. The van der Waals surface area contributed by atoms with Crippen molar-refractivity contribution in [2.75, 3.05) is 5.32 Å². The number of nitriles is 1. The molecule has 0 aliphatic rings. The molecule has 0 fully saturated rings. The Labute approximate surface area is 131 Å². The molecule has 1 amide bonds. The zero-order valence-corrected chi connectivity index (χ0v) is 12.7. The lowest BCUT2D eigenvalue weighted by molar-refractivity contribution is -0.145. The van der Waals surface area contributed by atoms with Gasteiger partial charge in [-0.3, -0.25) is 9.59 Å². The van der Waals surface area contributed by atoms with E-state index in [1.54, 1.807) is 41.8 Å². The van der Waals surface area contributed by atoms with Gasteiger partial charge in [-0.15, -0.1) is 11.3 Å². The quantitative estimate of drug-likeness (QED) is 0.887. The van der Waals surface area contributed by atoms with Crippen LogP contribution in [0.25, 0.3) is 0 Å². The summed E-state index contributed by atoms with van der Waals surface area (Å²) in [7, 11) is 0. The lowest BCUT2D eigenvalue weighted by atomic mass is 9.79. The van der Waals surface area contributed by atoms with Crippen LogP contribution in [0, 0.1) is 11.3 Å². The number of nitrogens with zero attached hydrogens (tertiary/aromatic N) is 1. The average Bonchev–Trinajstić information content (AvgIpc) is 2.94. The maximum absolute atomic E-state index is 12.2. The summed E-state index contributed by atoms with van der Waals surface area (Å²) in [6.45, 7) is 1.52. The fourth-order valence-electron chi connectivity index (χ4n) is 2.09. The Morgan fingerprint density at radius 2 is 2.00 bits per heavy atom. The Balaban J connectivity index is 2.21. The number of anilines is 1. The summed E-state index contributed by atoms with van der Waals surface area (Å²) in [5, 5.41) is 23.2. The van der Waals surface area contributed by atoms with Crippen molar-refractivity contribution in [1.82, 2.24) is 0 Å². The van der Waals surface area contributed by atoms with Crippen LogP contribution in [-0.2, 0) is 15.0 Å². The highest BCUT2D eigenvalue weighted by molar-refractivity contribution is 7.14. The summed E-state index contributed by atoms with van der Waals surface area (Å²) in [6.07, 6.45) is -0.213. The first-order chi connectivity index (χ1) is 10.5. The standard InChI is InChI=1S/C16H14N2O3S/c1-16(15(20)21,12-5-3-2-4-6-12)9-13(19)18-14-11(10-17)7-8-22-14/h2-8H,9H2,1H3,(H,18,19)(H,20,21)/t16-/m0/s1. The molecule has 2 N–H and O–H groups in total. The molecular weight excluding hydrogens is 300 g/mol. The van der Waals surface area contributed by atoms with Gasteiger partial charge in [0.2, 0.25) is 5.91 Å². The minimum Gasteiger partial charge on any atom is -0.481 e. The maximum Gasteiger partial charge on any atom is 0.314 e. The molecule has 112 valence electrons. The number of hydrogen-bond acceptors (Lipinski definition) is 4. The number of carboxylic acids is 1. The first kappa shape index (κ1) is 15.7. The van der Waals surface area contributed by atoms with Crippen LogP contribution in [0.15, 0.2) is 41.8 Å². The monoisotopic (exact) mass is 314 g/mol. The molecule has 0 spiro atoms. The van der Waals surface area contributed by atoms with Crippen LogP contribution < -0.4 is 5.32 Å². The van der Waals surface area contributed by atoms with E-state index in [-0.39, 0.29) is 6.42 Å². The predicted octanol–water partition coefficient (Wildman–Crippen LogP) is 2.99. The van der Waals surface area contributed by atoms with E-state index >= 15 is 0 Å². The van der Waals surface area contributed by atoms with Crippen LogP contribution in [0.1, 0.15) is 24.5 Å². The van der Waals surface area contributed by atoms with Crippen molar-refractivity contribution in [3.05, 3.63) is 52.9 Å². The van der Waals surface area contributed by atoms with E-state index in [0.29, 0.717) is 16.1 Å². The SMILES string of the molecule is C[C@@](CC(=O)Nc1sccc1C#N)(C(=O)O)c1ccccc1. The summed E-state index contributed by atoms with van der Waals surface area (Å²) in [4.78, 5) is 23.8. The van der Waals surface area contributed by atoms with Crippen molar-refractivity contribution < 1.29 is 14.7 Å². The van der Waals surface area contributed by atoms with Crippen LogP contribution in [-0.4, -0.2) is 17.0 Å². The van der Waals surface area contributed by atoms with Gasteiger partial charge in [0.05, 0.1) is 11.0 Å². The van der Waals surface area contributed by atoms with Gasteiger partial charge in [-0.25, -0.2) is 0 Å². The molecule has 0 unspecified atom stereocenters. The number of thiophene rings is 1. The van der Waals surface area contributed by atoms with E-state index in [2.05, 4.69) is 5.32 Å². The van der Waals surface area contributed by atoms with E-state index in [1.807, 2.05) is 6.07 Å². The van der Waals surface area contributed by atoms with Gasteiger partial charge in [-0.1, -0.05) is 30.3 Å². The van der Waals surface area contributed by atoms with Gasteiger partial charge in [0.15, 0.2) is 0 Å². The molecule has 0 saturated heterocycles. The minimum atomic E-state index is -1.32. The molecule has 22 heavy (non-hydrogen) atoms. The van der Waals surface area contributed by atoms with Crippen molar-refractivity contribution in [3.63, 3.8) is 0 Å². The largest absolute Gasteiger partial charge is 0.481 e. The Morgan fingerprint density at radius 3 is 2.59 bits per heavy atom. The second kappa shape index (κ2) is 6.41. The lowest BCUT2D eigenvalue weighted by Gasteiger charge is -2.24. The zero-order valence-electron chi connectivity index (χ0n) is 11.9. The van der Waals surface area contributed by atoms with Gasteiger partial charge in [-0.2, -0.15) is 5.26 Å². The van der Waals surface area contributed by atoms with Gasteiger partial charge < -0.3 is 10.4 Å². The van der Waals surface area contributed by atoms with Crippen LogP contribution in [0.5, 0.6) is 0 Å². The summed E-state index contributed by atoms with van der Waals surface area (Å²) < 4.78 is 0. The van der Waals surface area contributed by atoms with E-state index < -0.39 is 17.3 Å². The zero-order chi connectivity index (χ0) is 16.2. The van der Waals surface area contributed by atoms with Gasteiger partial charge in [-0.05, 0) is 23.9 Å². The maximum atomic E-state index is 12.2. The van der Waals surface area contributed by atoms with E-state index in [4.69, 9.17) is 5.26 Å². The van der Waals surface area contributed by atoms with E-state index in [0.717, 1.165) is 0 Å². The molecule has 2 rings (SSSR count). The first-order valence-corrected chi connectivity index (χ1v) is 7.41. The van der Waals surface area contributed by atoms with Crippen LogP contribution >= 0.6 is 11.3 Å². The summed E-state index contributed by atoms with van der Waals surface area (Å²) in [5.41, 5.74) is -0.394. The van der Waals surface area contributed by atoms with Crippen LogP contribution in [0.3, 0.4) is 0 Å². The number of carboxylic acid groups (broad SMARTS) is 1. The van der Waals surface area contributed by atoms with Crippen LogP contribution in [0.4, 0.5) is 5.00 Å². The first-order valence-electron chi connectivity index (χ1n) is 6.54. The highest BCUT2D eigenvalue weighted by Gasteiger charge is 2.37. The number of rotatable bonds is 5. The topological polar surface area (TPSA) is 90.2 Å². The lowest BCUT2D eigenvalue weighted by Crippen LogP contribution is -2.36. The predicted molar refractivity (Wildman–Crippen MR) is 83.7 cm³/mol. The van der Waals surface area contributed by atoms with Crippen molar-refractivity contribution in [3.8, 4) is 6.07 Å². The third kappa shape index (κ3) is 3.15. The van der Waals surface area contributed by atoms with Crippen LogP contribution in [0.2, 0.25) is 0 Å². The molecule has 0 aliphatic heterocycles. The van der Waals surface area contributed by atoms with Gasteiger partial charge in [0.1, 0.15) is 11.1 Å². The number of benzene rings is 1. The fraction of sp³-hybridized carbons (Fsp3) is 0.188. The second-order valence-corrected chi connectivity index (χ2v) is 5.92. The molecule has 0 saturated carbocycles. The summed E-state index contributed by atoms with van der Waals surface area (Å²) >= 11 is 1.23. The molecule has 1 atom stereocenters.